The summed E-state index contributed by atoms with van der Waals surface area (Å²) < 4.78 is 14.3. The number of methoxy groups -OCH3 is 1. The molecule has 0 aliphatic carbocycles. The molecule has 2 atom stereocenters. The lowest BCUT2D eigenvalue weighted by Crippen LogP contribution is -2.32. The molecule has 6 rings (SSSR count). The van der Waals surface area contributed by atoms with Gasteiger partial charge in [-0.25, -0.2) is 4.68 Å². The zero-order valence-electron chi connectivity index (χ0n) is 16.9. The molecule has 4 aromatic rings. The lowest BCUT2D eigenvalue weighted by atomic mass is 9.84. The molecule has 0 fully saturated rings. The Morgan fingerprint density at radius 2 is 1.71 bits per heavy atom. The van der Waals surface area contributed by atoms with Gasteiger partial charge in [-0.1, -0.05) is 60.7 Å². The van der Waals surface area contributed by atoms with Gasteiger partial charge < -0.3 is 14.8 Å². The van der Waals surface area contributed by atoms with Gasteiger partial charge in [0.25, 0.3) is 0 Å². The standard InChI is InChI=1S/C25H20N4O2/c1-30-19-13-7-6-12-18(19)24-21-22(17-11-5-8-14-20(17)31-24)28-25-26-15-27-29(25)23(21)16-9-3-2-4-10-16/h2-15,23-24H,1H3,(H,26,27,28)/t23-,24+/m1/s1. The van der Waals surface area contributed by atoms with Crippen LogP contribution in [0.15, 0.2) is 90.8 Å². The third kappa shape index (κ3) is 2.72. The van der Waals surface area contributed by atoms with Gasteiger partial charge in [0, 0.05) is 16.7 Å². The summed E-state index contributed by atoms with van der Waals surface area (Å²) in [6.45, 7) is 0. The van der Waals surface area contributed by atoms with E-state index in [1.807, 2.05) is 59.3 Å². The van der Waals surface area contributed by atoms with Gasteiger partial charge in [0.15, 0.2) is 6.10 Å². The Morgan fingerprint density at radius 1 is 0.935 bits per heavy atom. The minimum absolute atomic E-state index is 0.168. The van der Waals surface area contributed by atoms with Gasteiger partial charge >= 0.3 is 0 Å². The molecule has 2 aliphatic heterocycles. The highest BCUT2D eigenvalue weighted by Crippen LogP contribution is 2.51. The van der Waals surface area contributed by atoms with Gasteiger partial charge in [0.2, 0.25) is 5.95 Å². The first kappa shape index (κ1) is 17.8. The molecule has 0 amide bonds. The second kappa shape index (κ2) is 7.02. The number of nitrogens with zero attached hydrogens (tertiary/aromatic N) is 3. The number of hydrogen-bond donors (Lipinski definition) is 1. The second-order valence-electron chi connectivity index (χ2n) is 7.53. The van der Waals surface area contributed by atoms with Crippen LogP contribution in [0.25, 0.3) is 5.70 Å². The predicted octanol–water partition coefficient (Wildman–Crippen LogP) is 4.85. The lowest BCUT2D eigenvalue weighted by Gasteiger charge is -2.39. The van der Waals surface area contributed by atoms with E-state index in [4.69, 9.17) is 9.47 Å². The number of anilines is 1. The summed E-state index contributed by atoms with van der Waals surface area (Å²) in [5.74, 6) is 2.32. The van der Waals surface area contributed by atoms with E-state index in [9.17, 15) is 0 Å². The van der Waals surface area contributed by atoms with Crippen LogP contribution >= 0.6 is 0 Å². The number of benzene rings is 3. The number of rotatable bonds is 3. The molecule has 31 heavy (non-hydrogen) atoms. The van der Waals surface area contributed by atoms with Crippen molar-refractivity contribution in [3.63, 3.8) is 0 Å². The predicted molar refractivity (Wildman–Crippen MR) is 118 cm³/mol. The second-order valence-corrected chi connectivity index (χ2v) is 7.53. The van der Waals surface area contributed by atoms with E-state index in [0.29, 0.717) is 5.95 Å². The SMILES string of the molecule is COc1ccccc1[C@@H]1Oc2ccccc2C2=C1[C@@H](c1ccccc1)n1ncnc1N2. The van der Waals surface area contributed by atoms with Gasteiger partial charge in [-0.3, -0.25) is 0 Å². The largest absolute Gasteiger partial charge is 0.496 e. The fraction of sp³-hybridized carbons (Fsp3) is 0.120. The molecule has 3 aromatic carbocycles. The Morgan fingerprint density at radius 3 is 2.58 bits per heavy atom. The van der Waals surface area contributed by atoms with Crippen LogP contribution in [0.3, 0.4) is 0 Å². The summed E-state index contributed by atoms with van der Waals surface area (Å²) in [6, 6.07) is 26.3. The maximum Gasteiger partial charge on any atom is 0.226 e. The zero-order chi connectivity index (χ0) is 20.8. The van der Waals surface area contributed by atoms with Crippen LogP contribution in [0.4, 0.5) is 5.95 Å². The molecule has 2 aliphatic rings. The van der Waals surface area contributed by atoms with Crippen LogP contribution < -0.4 is 14.8 Å². The average Bonchev–Trinajstić information content (AvgIpc) is 3.31. The zero-order valence-corrected chi connectivity index (χ0v) is 16.9. The quantitative estimate of drug-likeness (QED) is 0.525. The summed E-state index contributed by atoms with van der Waals surface area (Å²) in [4.78, 5) is 4.47. The van der Waals surface area contributed by atoms with Gasteiger partial charge in [-0.2, -0.15) is 10.1 Å². The first-order valence-electron chi connectivity index (χ1n) is 10.2. The van der Waals surface area contributed by atoms with Crippen molar-refractivity contribution in [2.45, 2.75) is 12.1 Å². The minimum Gasteiger partial charge on any atom is -0.496 e. The monoisotopic (exact) mass is 408 g/mol. The fourth-order valence-corrected chi connectivity index (χ4v) is 4.51. The van der Waals surface area contributed by atoms with Gasteiger partial charge in [0.1, 0.15) is 23.9 Å². The smallest absolute Gasteiger partial charge is 0.226 e. The first-order chi connectivity index (χ1) is 15.3. The van der Waals surface area contributed by atoms with Crippen molar-refractivity contribution < 1.29 is 9.47 Å². The van der Waals surface area contributed by atoms with Gasteiger partial charge in [-0.15, -0.1) is 0 Å². The van der Waals surface area contributed by atoms with E-state index < -0.39 is 0 Å². The Kier molecular flexibility index (Phi) is 4.02. The van der Waals surface area contributed by atoms with Crippen molar-refractivity contribution in [1.82, 2.24) is 14.8 Å². The van der Waals surface area contributed by atoms with Crippen LogP contribution in [-0.4, -0.2) is 21.9 Å². The maximum absolute atomic E-state index is 6.63. The van der Waals surface area contributed by atoms with Crippen molar-refractivity contribution in [3.05, 3.63) is 107 Å². The minimum atomic E-state index is -0.351. The van der Waals surface area contributed by atoms with Crippen LogP contribution in [0.2, 0.25) is 0 Å². The van der Waals surface area contributed by atoms with E-state index >= 15 is 0 Å². The Balaban J connectivity index is 1.65. The number of hydrogen-bond acceptors (Lipinski definition) is 5. The van der Waals surface area contributed by atoms with Gasteiger partial charge in [-0.05, 0) is 23.8 Å². The molecule has 6 heteroatoms. The molecule has 1 aromatic heterocycles. The number of para-hydroxylation sites is 2. The number of fused-ring (bicyclic) bond motifs is 3. The van der Waals surface area contributed by atoms with E-state index in [0.717, 1.165) is 39.5 Å². The molecule has 3 heterocycles. The fourth-order valence-electron chi connectivity index (χ4n) is 4.51. The van der Waals surface area contributed by atoms with E-state index in [2.05, 4.69) is 39.7 Å². The molecule has 6 nitrogen and oxygen atoms in total. The van der Waals surface area contributed by atoms with Crippen LogP contribution in [0.1, 0.15) is 28.8 Å². The third-order valence-corrected chi connectivity index (χ3v) is 5.86. The summed E-state index contributed by atoms with van der Waals surface area (Å²) in [5.41, 5.74) is 5.18. The third-order valence-electron chi connectivity index (χ3n) is 5.86. The Hall–Kier alpha value is -4.06. The molecule has 152 valence electrons. The van der Waals surface area contributed by atoms with Crippen molar-refractivity contribution in [2.75, 3.05) is 12.4 Å². The van der Waals surface area contributed by atoms with E-state index in [1.54, 1.807) is 13.4 Å². The molecular formula is C25H20N4O2. The van der Waals surface area contributed by atoms with Crippen molar-refractivity contribution in [1.29, 1.82) is 0 Å². The molecule has 0 saturated heterocycles. The van der Waals surface area contributed by atoms with E-state index in [1.165, 1.54) is 0 Å². The van der Waals surface area contributed by atoms with Crippen molar-refractivity contribution in [3.8, 4) is 11.5 Å². The topological polar surface area (TPSA) is 61.2 Å². The first-order valence-corrected chi connectivity index (χ1v) is 10.2. The van der Waals surface area contributed by atoms with Crippen molar-refractivity contribution in [2.24, 2.45) is 0 Å². The summed E-state index contributed by atoms with van der Waals surface area (Å²) in [5, 5.41) is 8.07. The molecular weight excluding hydrogens is 388 g/mol. The molecule has 1 N–H and O–H groups in total. The molecule has 0 unspecified atom stereocenters. The summed E-state index contributed by atoms with van der Waals surface area (Å²) in [6.07, 6.45) is 1.23. The highest BCUT2D eigenvalue weighted by atomic mass is 16.5. The van der Waals surface area contributed by atoms with Crippen LogP contribution in [0.5, 0.6) is 11.5 Å². The Bertz CT molecular complexity index is 1300. The maximum atomic E-state index is 6.63. The number of aromatic nitrogens is 3. The molecule has 0 saturated carbocycles. The highest BCUT2D eigenvalue weighted by Gasteiger charge is 2.41. The number of nitrogens with one attached hydrogen (secondary N) is 1. The summed E-state index contributed by atoms with van der Waals surface area (Å²) >= 11 is 0. The highest BCUT2D eigenvalue weighted by molar-refractivity contribution is 5.85. The Labute approximate surface area is 179 Å². The van der Waals surface area contributed by atoms with Crippen molar-refractivity contribution >= 4 is 11.6 Å². The molecule has 0 radical (unpaired) electrons. The number of ether oxygens (including phenoxy) is 2. The summed E-state index contributed by atoms with van der Waals surface area (Å²) in [7, 11) is 1.69. The lowest BCUT2D eigenvalue weighted by molar-refractivity contribution is 0.217. The normalized spacial score (nSPS) is 18.9. The van der Waals surface area contributed by atoms with E-state index in [-0.39, 0.29) is 12.1 Å². The van der Waals surface area contributed by atoms with Crippen LogP contribution in [0, 0.1) is 0 Å². The molecule has 0 bridgehead atoms. The average molecular weight is 408 g/mol. The van der Waals surface area contributed by atoms with Gasteiger partial charge in [0.05, 0.1) is 12.8 Å². The molecule has 0 spiro atoms. The van der Waals surface area contributed by atoms with Crippen LogP contribution in [-0.2, 0) is 0 Å².